The van der Waals surface area contributed by atoms with Crippen LogP contribution < -0.4 is 14.8 Å². The third kappa shape index (κ3) is 4.62. The fourth-order valence-corrected chi connectivity index (χ4v) is 4.57. The van der Waals surface area contributed by atoms with Crippen molar-refractivity contribution >= 4 is 16.7 Å². The number of aromatic nitrogens is 2. The first-order valence-corrected chi connectivity index (χ1v) is 11.2. The third-order valence-corrected chi connectivity index (χ3v) is 5.99. The van der Waals surface area contributed by atoms with Gasteiger partial charge in [-0.25, -0.2) is 4.98 Å². The van der Waals surface area contributed by atoms with Gasteiger partial charge in [-0.1, -0.05) is 0 Å². The van der Waals surface area contributed by atoms with Gasteiger partial charge in [0.1, 0.15) is 5.52 Å². The average molecular weight is 415 g/mol. The van der Waals surface area contributed by atoms with E-state index in [1.165, 1.54) is 37.2 Å². The quantitative estimate of drug-likeness (QED) is 0.597. The average Bonchev–Trinajstić information content (AvgIpc) is 3.42. The van der Waals surface area contributed by atoms with E-state index in [2.05, 4.69) is 17.1 Å². The van der Waals surface area contributed by atoms with E-state index in [9.17, 15) is 0 Å². The molecule has 1 aliphatic heterocycles. The van der Waals surface area contributed by atoms with E-state index in [1.807, 2.05) is 6.07 Å². The van der Waals surface area contributed by atoms with Gasteiger partial charge in [-0.05, 0) is 64.1 Å². The molecule has 7 heteroatoms. The molecule has 4 rings (SSSR count). The van der Waals surface area contributed by atoms with E-state index in [4.69, 9.17) is 24.2 Å². The van der Waals surface area contributed by atoms with Gasteiger partial charge in [-0.15, -0.1) is 0 Å². The Morgan fingerprint density at radius 3 is 2.73 bits per heavy atom. The van der Waals surface area contributed by atoms with Crippen molar-refractivity contribution in [2.75, 3.05) is 52.4 Å². The Balaban J connectivity index is 1.57. The van der Waals surface area contributed by atoms with Gasteiger partial charge in [0.2, 0.25) is 0 Å². The third-order valence-electron chi connectivity index (χ3n) is 5.99. The summed E-state index contributed by atoms with van der Waals surface area (Å²) in [5.74, 6) is 1.19. The lowest BCUT2D eigenvalue weighted by Gasteiger charge is -2.20. The lowest BCUT2D eigenvalue weighted by Crippen LogP contribution is -2.22. The topological polar surface area (TPSA) is 68.7 Å². The minimum atomic E-state index is 0.180. The molecule has 2 aromatic heterocycles. The van der Waals surface area contributed by atoms with Crippen LogP contribution >= 0.6 is 0 Å². The highest BCUT2D eigenvalue weighted by Gasteiger charge is 2.23. The van der Waals surface area contributed by atoms with Crippen molar-refractivity contribution in [2.45, 2.75) is 51.5 Å². The van der Waals surface area contributed by atoms with Crippen LogP contribution in [0.3, 0.4) is 0 Å². The number of likely N-dealkylation sites (tertiary alicyclic amines) is 1. The van der Waals surface area contributed by atoms with Crippen molar-refractivity contribution in [3.63, 3.8) is 0 Å². The van der Waals surface area contributed by atoms with E-state index >= 15 is 0 Å². The van der Waals surface area contributed by atoms with Crippen molar-refractivity contribution in [2.24, 2.45) is 0 Å². The number of anilines is 1. The Labute approximate surface area is 179 Å². The van der Waals surface area contributed by atoms with Gasteiger partial charge in [0, 0.05) is 31.5 Å². The molecule has 1 aliphatic carbocycles. The molecule has 30 heavy (non-hydrogen) atoms. The highest BCUT2D eigenvalue weighted by atomic mass is 16.5. The summed E-state index contributed by atoms with van der Waals surface area (Å²) in [6.07, 6.45) is 6.80. The summed E-state index contributed by atoms with van der Waals surface area (Å²) in [5.41, 5.74) is 5.22. The number of ether oxygens (including phenoxy) is 3. The second-order valence-corrected chi connectivity index (χ2v) is 8.38. The van der Waals surface area contributed by atoms with Crippen molar-refractivity contribution in [3.8, 4) is 11.6 Å². The molecule has 164 valence electrons. The second-order valence-electron chi connectivity index (χ2n) is 8.38. The van der Waals surface area contributed by atoms with E-state index < -0.39 is 0 Å². The molecule has 2 aromatic rings. The van der Waals surface area contributed by atoms with Gasteiger partial charge in [-0.2, -0.15) is 0 Å². The molecule has 0 bridgehead atoms. The summed E-state index contributed by atoms with van der Waals surface area (Å²) in [5, 5.41) is 3.61. The Morgan fingerprint density at radius 2 is 1.97 bits per heavy atom. The van der Waals surface area contributed by atoms with Crippen molar-refractivity contribution < 1.29 is 14.2 Å². The van der Waals surface area contributed by atoms with Gasteiger partial charge >= 0.3 is 0 Å². The zero-order valence-electron chi connectivity index (χ0n) is 18.5. The van der Waals surface area contributed by atoms with Crippen molar-refractivity contribution in [1.82, 2.24) is 14.9 Å². The molecule has 1 saturated heterocycles. The van der Waals surface area contributed by atoms with E-state index in [-0.39, 0.29) is 6.04 Å². The van der Waals surface area contributed by atoms with Crippen LogP contribution in [0.25, 0.3) is 11.0 Å². The maximum absolute atomic E-state index is 6.08. The van der Waals surface area contributed by atoms with Crippen LogP contribution in [0.4, 0.5) is 5.69 Å². The van der Waals surface area contributed by atoms with Crippen LogP contribution in [0.15, 0.2) is 6.07 Å². The minimum Gasteiger partial charge on any atom is -0.488 e. The van der Waals surface area contributed by atoms with Crippen LogP contribution in [-0.2, 0) is 17.6 Å². The number of nitrogens with zero attached hydrogens (tertiary/aromatic N) is 3. The normalized spacial score (nSPS) is 17.3. The largest absolute Gasteiger partial charge is 0.488 e. The summed E-state index contributed by atoms with van der Waals surface area (Å²) in [6.45, 7) is 6.92. The molecule has 0 radical (unpaired) electrons. The number of pyridine rings is 2. The Hall–Kier alpha value is -2.12. The van der Waals surface area contributed by atoms with Gasteiger partial charge in [0.15, 0.2) is 5.75 Å². The van der Waals surface area contributed by atoms with Crippen LogP contribution in [0.2, 0.25) is 0 Å². The molecule has 0 amide bonds. The maximum atomic E-state index is 6.08. The first-order valence-electron chi connectivity index (χ1n) is 11.2. The molecule has 1 N–H and O–H groups in total. The molecular formula is C23H34N4O3. The van der Waals surface area contributed by atoms with Crippen LogP contribution in [0.1, 0.15) is 43.9 Å². The lowest BCUT2D eigenvalue weighted by molar-refractivity contribution is 0.190. The molecule has 0 unspecified atom stereocenters. The van der Waals surface area contributed by atoms with E-state index in [1.54, 1.807) is 14.2 Å². The molecule has 1 atom stereocenters. The second kappa shape index (κ2) is 9.79. The van der Waals surface area contributed by atoms with Gasteiger partial charge in [-0.3, -0.25) is 4.98 Å². The molecule has 7 nitrogen and oxygen atoms in total. The summed E-state index contributed by atoms with van der Waals surface area (Å²) in [4.78, 5) is 12.2. The Morgan fingerprint density at radius 1 is 1.13 bits per heavy atom. The van der Waals surface area contributed by atoms with Gasteiger partial charge in [0.25, 0.3) is 5.88 Å². The summed E-state index contributed by atoms with van der Waals surface area (Å²) < 4.78 is 17.0. The van der Waals surface area contributed by atoms with Gasteiger partial charge in [0.05, 0.1) is 31.5 Å². The smallest absolute Gasteiger partial charge is 0.257 e. The summed E-state index contributed by atoms with van der Waals surface area (Å²) in [7, 11) is 3.37. The highest BCUT2D eigenvalue weighted by Crippen LogP contribution is 2.37. The van der Waals surface area contributed by atoms with Crippen molar-refractivity contribution in [3.05, 3.63) is 17.3 Å². The molecule has 1 fully saturated rings. The SMILES string of the molecule is COC[C@@H](C)Nc1c2c(nc3cc(OCCCN4CCCC4)c(OC)nc13)CCC2. The fourth-order valence-electron chi connectivity index (χ4n) is 4.57. The number of aryl methyl sites for hydroxylation is 1. The lowest BCUT2D eigenvalue weighted by atomic mass is 10.1. The predicted molar refractivity (Wildman–Crippen MR) is 119 cm³/mol. The molecule has 0 spiro atoms. The zero-order chi connectivity index (χ0) is 20.9. The summed E-state index contributed by atoms with van der Waals surface area (Å²) in [6, 6.07) is 2.17. The standard InChI is InChI=1S/C23H34N4O3/c1-16(15-28-2)24-21-17-8-6-9-18(17)25-19-14-20(23(29-3)26-22(19)21)30-13-7-12-27-10-4-5-11-27/h14,16H,4-13,15H2,1-3H3,(H,24,25)/t16-/m1/s1. The summed E-state index contributed by atoms with van der Waals surface area (Å²) >= 11 is 0. The zero-order valence-corrected chi connectivity index (χ0v) is 18.5. The Kier molecular flexibility index (Phi) is 6.89. The van der Waals surface area contributed by atoms with E-state index in [0.29, 0.717) is 24.8 Å². The number of fused-ring (bicyclic) bond motifs is 2. The number of rotatable bonds is 10. The molecular weight excluding hydrogens is 380 g/mol. The number of hydrogen-bond acceptors (Lipinski definition) is 7. The molecule has 3 heterocycles. The minimum absolute atomic E-state index is 0.180. The van der Waals surface area contributed by atoms with Crippen LogP contribution in [0.5, 0.6) is 11.6 Å². The van der Waals surface area contributed by atoms with Crippen molar-refractivity contribution in [1.29, 1.82) is 0 Å². The highest BCUT2D eigenvalue weighted by molar-refractivity contribution is 5.92. The number of methoxy groups -OCH3 is 2. The van der Waals surface area contributed by atoms with E-state index in [0.717, 1.165) is 48.9 Å². The molecule has 0 aromatic carbocycles. The fraction of sp³-hybridized carbons (Fsp3) is 0.652. The first-order chi connectivity index (χ1) is 14.7. The predicted octanol–water partition coefficient (Wildman–Crippen LogP) is 3.44. The molecule has 2 aliphatic rings. The van der Waals surface area contributed by atoms with Crippen LogP contribution in [-0.4, -0.2) is 68.0 Å². The maximum Gasteiger partial charge on any atom is 0.257 e. The molecule has 0 saturated carbocycles. The number of nitrogens with one attached hydrogen (secondary N) is 1. The Bertz CT molecular complexity index is 867. The van der Waals surface area contributed by atoms with Crippen LogP contribution in [0, 0.1) is 0 Å². The monoisotopic (exact) mass is 414 g/mol. The number of hydrogen-bond donors (Lipinski definition) is 1. The van der Waals surface area contributed by atoms with Gasteiger partial charge < -0.3 is 24.4 Å². The first kappa shape index (κ1) is 21.1.